The lowest BCUT2D eigenvalue weighted by Gasteiger charge is -2.03. The zero-order chi connectivity index (χ0) is 14.5. The lowest BCUT2D eigenvalue weighted by atomic mass is 10.3. The fourth-order valence-corrected chi connectivity index (χ4v) is 2.96. The van der Waals surface area contributed by atoms with Crippen LogP contribution in [0.5, 0.6) is 0 Å². The average Bonchev–Trinajstić information content (AvgIpc) is 3.04. The van der Waals surface area contributed by atoms with Crippen molar-refractivity contribution in [2.24, 2.45) is 4.99 Å². The highest BCUT2D eigenvalue weighted by Crippen LogP contribution is 2.20. The number of aliphatic imine (C=N–C) groups is 1. The summed E-state index contributed by atoms with van der Waals surface area (Å²) in [5.74, 6) is -0.372. The summed E-state index contributed by atoms with van der Waals surface area (Å²) in [6.45, 7) is 0. The van der Waals surface area contributed by atoms with Crippen LogP contribution in [0, 0.1) is 0 Å². The Balaban J connectivity index is 1.91. The maximum atomic E-state index is 10.7. The molecule has 0 saturated heterocycles. The Labute approximate surface area is 124 Å². The second kappa shape index (κ2) is 6.67. The van der Waals surface area contributed by atoms with Gasteiger partial charge in [-0.25, -0.2) is 4.79 Å². The molecule has 1 aliphatic rings. The largest absolute Gasteiger partial charge is 0.480 e. The van der Waals surface area contributed by atoms with E-state index in [0.29, 0.717) is 5.75 Å². The van der Waals surface area contributed by atoms with Crippen molar-refractivity contribution < 1.29 is 9.90 Å². The average molecular weight is 310 g/mol. The molecule has 0 fully saturated rings. The predicted molar refractivity (Wildman–Crippen MR) is 83.7 cm³/mol. The molecule has 1 atom stereocenters. The molecular formula is C12H14N4O2S2. The molecule has 2 rings (SSSR count). The van der Waals surface area contributed by atoms with Gasteiger partial charge in [-0.15, -0.1) is 22.0 Å². The summed E-state index contributed by atoms with van der Waals surface area (Å²) >= 11 is 2.95. The van der Waals surface area contributed by atoms with Crippen LogP contribution in [0.4, 0.5) is 5.13 Å². The summed E-state index contributed by atoms with van der Waals surface area (Å²) in [6, 6.07) is -0.616. The summed E-state index contributed by atoms with van der Waals surface area (Å²) in [5, 5.41) is 19.3. The maximum absolute atomic E-state index is 10.7. The van der Waals surface area contributed by atoms with Gasteiger partial charge >= 0.3 is 5.97 Å². The molecule has 0 aliphatic carbocycles. The zero-order valence-electron chi connectivity index (χ0n) is 11.1. The second-order valence-electron chi connectivity index (χ2n) is 4.17. The molecule has 0 spiro atoms. The highest BCUT2D eigenvalue weighted by atomic mass is 32.2. The van der Waals surface area contributed by atoms with E-state index >= 15 is 0 Å². The Hall–Kier alpha value is -1.67. The molecule has 0 saturated carbocycles. The molecule has 20 heavy (non-hydrogen) atoms. The lowest BCUT2D eigenvalue weighted by Crippen LogP contribution is -2.16. The van der Waals surface area contributed by atoms with Gasteiger partial charge in [0, 0.05) is 19.8 Å². The van der Waals surface area contributed by atoms with Crippen molar-refractivity contribution in [3.63, 3.8) is 0 Å². The van der Waals surface area contributed by atoms with Crippen LogP contribution in [0.3, 0.4) is 0 Å². The SMILES string of the molecule is CN(C)c1nnc(/C=C/C=C/C2=N[C@@H](C(=O)O)CS2)s1. The first-order chi connectivity index (χ1) is 9.56. The summed E-state index contributed by atoms with van der Waals surface area (Å²) in [5.41, 5.74) is 0. The highest BCUT2D eigenvalue weighted by Gasteiger charge is 2.22. The first kappa shape index (κ1) is 14.7. The minimum atomic E-state index is -0.874. The van der Waals surface area contributed by atoms with Gasteiger partial charge in [0.2, 0.25) is 5.13 Å². The number of hydrogen-bond donors (Lipinski definition) is 1. The fraction of sp³-hybridized carbons (Fsp3) is 0.333. The Morgan fingerprint density at radius 1 is 1.35 bits per heavy atom. The molecule has 0 unspecified atom stereocenters. The van der Waals surface area contributed by atoms with E-state index in [4.69, 9.17) is 5.11 Å². The predicted octanol–water partition coefficient (Wildman–Crippen LogP) is 1.77. The Bertz CT molecular complexity index is 578. The number of rotatable bonds is 5. The molecule has 6 nitrogen and oxygen atoms in total. The van der Waals surface area contributed by atoms with Crippen molar-refractivity contribution in [2.75, 3.05) is 24.7 Å². The number of carboxylic acids is 1. The highest BCUT2D eigenvalue weighted by molar-refractivity contribution is 8.14. The molecule has 8 heteroatoms. The number of carbonyl (C=O) groups is 1. The normalized spacial score (nSPS) is 18.9. The topological polar surface area (TPSA) is 78.7 Å². The van der Waals surface area contributed by atoms with Crippen LogP contribution in [0.25, 0.3) is 6.08 Å². The first-order valence-electron chi connectivity index (χ1n) is 5.85. The van der Waals surface area contributed by atoms with E-state index < -0.39 is 12.0 Å². The molecule has 1 aromatic rings. The van der Waals surface area contributed by atoms with E-state index in [0.717, 1.165) is 15.2 Å². The zero-order valence-corrected chi connectivity index (χ0v) is 12.7. The Morgan fingerprint density at radius 2 is 2.10 bits per heavy atom. The van der Waals surface area contributed by atoms with Crippen LogP contribution in [-0.4, -0.2) is 52.2 Å². The summed E-state index contributed by atoms with van der Waals surface area (Å²) < 4.78 is 0. The van der Waals surface area contributed by atoms with E-state index in [1.807, 2.05) is 37.2 Å². The van der Waals surface area contributed by atoms with Gasteiger partial charge in [0.25, 0.3) is 0 Å². The molecule has 0 amide bonds. The fourth-order valence-electron chi connectivity index (χ4n) is 1.36. The summed E-state index contributed by atoms with van der Waals surface area (Å²) in [6.07, 6.45) is 7.33. The van der Waals surface area contributed by atoms with Gasteiger partial charge in [0.15, 0.2) is 6.04 Å². The molecule has 106 valence electrons. The van der Waals surface area contributed by atoms with E-state index in [1.165, 1.54) is 23.1 Å². The Morgan fingerprint density at radius 3 is 2.70 bits per heavy atom. The second-order valence-corrected chi connectivity index (χ2v) is 6.20. The van der Waals surface area contributed by atoms with E-state index in [-0.39, 0.29) is 0 Å². The van der Waals surface area contributed by atoms with Crippen LogP contribution in [0.15, 0.2) is 23.2 Å². The van der Waals surface area contributed by atoms with Crippen molar-refractivity contribution in [1.82, 2.24) is 10.2 Å². The van der Waals surface area contributed by atoms with Crippen molar-refractivity contribution in [2.45, 2.75) is 6.04 Å². The number of carboxylic acid groups (broad SMARTS) is 1. The summed E-state index contributed by atoms with van der Waals surface area (Å²) in [4.78, 5) is 16.7. The third kappa shape index (κ3) is 3.91. The van der Waals surface area contributed by atoms with Gasteiger partial charge in [-0.1, -0.05) is 23.5 Å². The molecule has 1 aliphatic heterocycles. The van der Waals surface area contributed by atoms with Crippen LogP contribution < -0.4 is 4.90 Å². The van der Waals surface area contributed by atoms with E-state index in [9.17, 15) is 4.79 Å². The number of hydrogen-bond acceptors (Lipinski definition) is 7. The third-order valence-corrected chi connectivity index (χ3v) is 4.43. The van der Waals surface area contributed by atoms with Gasteiger partial charge in [-0.05, 0) is 12.2 Å². The number of aliphatic carboxylic acids is 1. The van der Waals surface area contributed by atoms with Crippen molar-refractivity contribution in [1.29, 1.82) is 0 Å². The molecule has 1 N–H and O–H groups in total. The lowest BCUT2D eigenvalue weighted by molar-refractivity contribution is -0.137. The molecular weight excluding hydrogens is 296 g/mol. The molecule has 0 radical (unpaired) electrons. The molecule has 0 aromatic carbocycles. The van der Waals surface area contributed by atoms with E-state index in [2.05, 4.69) is 15.2 Å². The number of allylic oxidation sites excluding steroid dienone is 2. The van der Waals surface area contributed by atoms with E-state index in [1.54, 1.807) is 6.08 Å². The minimum Gasteiger partial charge on any atom is -0.480 e. The molecule has 0 bridgehead atoms. The van der Waals surface area contributed by atoms with Crippen molar-refractivity contribution >= 4 is 45.3 Å². The van der Waals surface area contributed by atoms with Gasteiger partial charge in [0.1, 0.15) is 5.01 Å². The minimum absolute atomic E-state index is 0.501. The summed E-state index contributed by atoms with van der Waals surface area (Å²) in [7, 11) is 3.84. The molecule has 2 heterocycles. The van der Waals surface area contributed by atoms with Gasteiger partial charge in [0.05, 0.1) is 5.04 Å². The number of nitrogens with zero attached hydrogens (tertiary/aromatic N) is 4. The smallest absolute Gasteiger partial charge is 0.329 e. The van der Waals surface area contributed by atoms with Crippen LogP contribution in [0.2, 0.25) is 0 Å². The van der Waals surface area contributed by atoms with Crippen molar-refractivity contribution in [3.8, 4) is 0 Å². The van der Waals surface area contributed by atoms with Gasteiger partial charge in [-0.2, -0.15) is 0 Å². The molecule has 1 aromatic heterocycles. The van der Waals surface area contributed by atoms with Gasteiger partial charge in [-0.3, -0.25) is 4.99 Å². The monoisotopic (exact) mass is 310 g/mol. The number of aromatic nitrogens is 2. The number of anilines is 1. The van der Waals surface area contributed by atoms with Crippen molar-refractivity contribution in [3.05, 3.63) is 23.2 Å². The maximum Gasteiger partial charge on any atom is 0.329 e. The van der Waals surface area contributed by atoms with Crippen LogP contribution in [-0.2, 0) is 4.79 Å². The third-order valence-electron chi connectivity index (χ3n) is 2.36. The first-order valence-corrected chi connectivity index (χ1v) is 7.65. The van der Waals surface area contributed by atoms with Crippen LogP contribution >= 0.6 is 23.1 Å². The number of thioether (sulfide) groups is 1. The standard InChI is InChI=1S/C12H14N4O2S2/c1-16(2)12-15-14-10(20-12)6-4-3-5-9-13-8(7-19-9)11(17)18/h3-6,8H,7H2,1-2H3,(H,17,18)/b5-3+,6-4+/t8-/m1/s1. The van der Waals surface area contributed by atoms with Gasteiger partial charge < -0.3 is 10.0 Å². The quantitative estimate of drug-likeness (QED) is 0.835. The van der Waals surface area contributed by atoms with Crippen LogP contribution in [0.1, 0.15) is 5.01 Å². The Kier molecular flexibility index (Phi) is 4.91.